The molecule has 1 aliphatic heterocycles. The lowest BCUT2D eigenvalue weighted by atomic mass is 9.95. The molecule has 4 amide bonds. The van der Waals surface area contributed by atoms with Crippen molar-refractivity contribution in [1.82, 2.24) is 15.1 Å². The Hall–Kier alpha value is -1.76. The summed E-state index contributed by atoms with van der Waals surface area (Å²) < 4.78 is 0. The van der Waals surface area contributed by atoms with Gasteiger partial charge in [0.05, 0.1) is 0 Å². The minimum atomic E-state index is -0.978. The number of barbiturate groups is 1. The zero-order chi connectivity index (χ0) is 16.8. The van der Waals surface area contributed by atoms with E-state index in [1.165, 1.54) is 52.4 Å². The molecule has 0 aromatic heterocycles. The smallest absolute Gasteiger partial charge is 0.314 e. The highest BCUT2D eigenvalue weighted by Gasteiger charge is 2.41. The highest BCUT2D eigenvalue weighted by molar-refractivity contribution is 6.23. The first-order valence-electron chi connectivity index (χ1n) is 8.35. The maximum atomic E-state index is 12.0. The molecular weight excluding hydrogens is 296 g/mol. The number of hydrogen-bond acceptors (Lipinski definition) is 5. The quantitative estimate of drug-likeness (QED) is 0.450. The van der Waals surface area contributed by atoms with Gasteiger partial charge in [0, 0.05) is 32.9 Å². The van der Waals surface area contributed by atoms with Gasteiger partial charge in [-0.3, -0.25) is 24.4 Å². The van der Waals surface area contributed by atoms with Gasteiger partial charge in [0.25, 0.3) is 0 Å². The monoisotopic (exact) mass is 322 g/mol. The fourth-order valence-electron chi connectivity index (χ4n) is 3.03. The highest BCUT2D eigenvalue weighted by Crippen LogP contribution is 2.17. The van der Waals surface area contributed by atoms with Crippen LogP contribution in [0, 0.1) is 5.92 Å². The van der Waals surface area contributed by atoms with Crippen LogP contribution < -0.4 is 5.32 Å². The van der Waals surface area contributed by atoms with Gasteiger partial charge in [-0.1, -0.05) is 19.3 Å². The Kier molecular flexibility index (Phi) is 6.27. The third-order valence-corrected chi connectivity index (χ3v) is 4.52. The fraction of sp³-hybridized carbons (Fsp3) is 0.750. The molecular formula is C16H26N4O3. The summed E-state index contributed by atoms with van der Waals surface area (Å²) in [4.78, 5) is 41.7. The van der Waals surface area contributed by atoms with Crippen LogP contribution in [0.25, 0.3) is 0 Å². The van der Waals surface area contributed by atoms with Gasteiger partial charge in [0.1, 0.15) is 0 Å². The van der Waals surface area contributed by atoms with E-state index in [0.717, 1.165) is 22.8 Å². The summed E-state index contributed by atoms with van der Waals surface area (Å²) in [5.41, 5.74) is 0. The van der Waals surface area contributed by atoms with Crippen molar-refractivity contribution < 1.29 is 14.4 Å². The van der Waals surface area contributed by atoms with Gasteiger partial charge in [0.2, 0.25) is 11.8 Å². The summed E-state index contributed by atoms with van der Waals surface area (Å²) >= 11 is 0. The van der Waals surface area contributed by atoms with Gasteiger partial charge in [-0.25, -0.2) is 4.79 Å². The Morgan fingerprint density at radius 2 is 1.70 bits per heavy atom. The van der Waals surface area contributed by atoms with Crippen LogP contribution in [0.1, 0.15) is 38.5 Å². The summed E-state index contributed by atoms with van der Waals surface area (Å²) in [7, 11) is 2.76. The molecule has 128 valence electrons. The second-order valence-corrected chi connectivity index (χ2v) is 6.25. The first-order chi connectivity index (χ1) is 11.0. The first kappa shape index (κ1) is 17.6. The van der Waals surface area contributed by atoms with Gasteiger partial charge < -0.3 is 5.32 Å². The molecule has 7 nitrogen and oxygen atoms in total. The number of urea groups is 1. The van der Waals surface area contributed by atoms with Crippen LogP contribution in [0.3, 0.4) is 0 Å². The number of nitrogens with one attached hydrogen (secondary N) is 1. The number of hydrogen-bond donors (Lipinski definition) is 1. The predicted molar refractivity (Wildman–Crippen MR) is 87.3 cm³/mol. The van der Waals surface area contributed by atoms with E-state index in [1.54, 1.807) is 0 Å². The number of carbonyl (C=O) groups is 3. The molecule has 0 aromatic rings. The van der Waals surface area contributed by atoms with Crippen LogP contribution >= 0.6 is 0 Å². The Morgan fingerprint density at radius 3 is 2.30 bits per heavy atom. The van der Waals surface area contributed by atoms with Crippen LogP contribution in [0.2, 0.25) is 0 Å². The first-order valence-corrected chi connectivity index (χ1v) is 8.35. The fourth-order valence-corrected chi connectivity index (χ4v) is 3.03. The molecule has 0 unspecified atom stereocenters. The summed E-state index contributed by atoms with van der Waals surface area (Å²) in [6, 6.07) is 0.0314. The molecule has 2 rings (SSSR count). The van der Waals surface area contributed by atoms with Crippen LogP contribution in [0.5, 0.6) is 0 Å². The highest BCUT2D eigenvalue weighted by atomic mass is 16.2. The molecule has 2 fully saturated rings. The average molecular weight is 322 g/mol. The third kappa shape index (κ3) is 4.37. The van der Waals surface area contributed by atoms with Gasteiger partial charge in [-0.05, 0) is 25.8 Å². The van der Waals surface area contributed by atoms with E-state index >= 15 is 0 Å². The molecule has 0 aromatic carbocycles. The molecule has 0 radical (unpaired) electrons. The van der Waals surface area contributed by atoms with Crippen LogP contribution in [0.15, 0.2) is 4.99 Å². The maximum absolute atomic E-state index is 12.0. The van der Waals surface area contributed by atoms with Crippen molar-refractivity contribution in [3.05, 3.63) is 0 Å². The van der Waals surface area contributed by atoms with Gasteiger partial charge in [0.15, 0.2) is 5.92 Å². The van der Waals surface area contributed by atoms with Crippen LogP contribution in [0.4, 0.5) is 4.79 Å². The number of imide groups is 2. The van der Waals surface area contributed by atoms with E-state index in [2.05, 4.69) is 10.3 Å². The van der Waals surface area contributed by atoms with Gasteiger partial charge in [-0.15, -0.1) is 0 Å². The van der Waals surface area contributed by atoms with Crippen LogP contribution in [-0.2, 0) is 9.59 Å². The van der Waals surface area contributed by atoms with Crippen molar-refractivity contribution in [3.8, 4) is 0 Å². The molecule has 1 heterocycles. The molecule has 2 aliphatic rings. The SMILES string of the molecule is CN1C(=O)C(C=NCCCNC2CCCCC2)C(=O)N(C)C1=O. The molecule has 1 N–H and O–H groups in total. The predicted octanol–water partition coefficient (Wildman–Crippen LogP) is 1.04. The number of carbonyl (C=O) groups excluding carboxylic acids is 3. The topological polar surface area (TPSA) is 82.1 Å². The van der Waals surface area contributed by atoms with E-state index in [0.29, 0.717) is 12.6 Å². The Bertz CT molecular complexity index is 462. The Balaban J connectivity index is 1.72. The second kappa shape index (κ2) is 8.19. The standard InChI is InChI=1S/C16H26N4O3/c1-19-14(21)13(15(22)20(2)16(19)23)11-17-9-6-10-18-12-7-4-3-5-8-12/h11-13,18H,3-10H2,1-2H3. The lowest BCUT2D eigenvalue weighted by Gasteiger charge is -2.31. The van der Waals surface area contributed by atoms with Gasteiger partial charge >= 0.3 is 6.03 Å². The second-order valence-electron chi connectivity index (χ2n) is 6.25. The van der Waals surface area contributed by atoms with Crippen molar-refractivity contribution in [2.45, 2.75) is 44.6 Å². The summed E-state index contributed by atoms with van der Waals surface area (Å²) in [5.74, 6) is -2.00. The largest absolute Gasteiger partial charge is 0.332 e. The van der Waals surface area contributed by atoms with E-state index in [1.807, 2.05) is 0 Å². The molecule has 0 spiro atoms. The minimum absolute atomic E-state index is 0.512. The molecule has 1 saturated carbocycles. The summed E-state index contributed by atoms with van der Waals surface area (Å²) in [5, 5.41) is 3.53. The zero-order valence-corrected chi connectivity index (χ0v) is 14.0. The molecule has 0 bridgehead atoms. The number of nitrogens with zero attached hydrogens (tertiary/aromatic N) is 3. The molecule has 1 aliphatic carbocycles. The summed E-state index contributed by atoms with van der Waals surface area (Å²) in [6.07, 6.45) is 8.71. The molecule has 1 saturated heterocycles. The molecule has 23 heavy (non-hydrogen) atoms. The normalized spacial score (nSPS) is 21.7. The lowest BCUT2D eigenvalue weighted by Crippen LogP contribution is -2.57. The van der Waals surface area contributed by atoms with E-state index in [-0.39, 0.29) is 0 Å². The van der Waals surface area contributed by atoms with Crippen molar-refractivity contribution in [2.24, 2.45) is 10.9 Å². The van der Waals surface area contributed by atoms with Crippen LogP contribution in [-0.4, -0.2) is 67.1 Å². The third-order valence-electron chi connectivity index (χ3n) is 4.52. The van der Waals surface area contributed by atoms with Crippen molar-refractivity contribution in [3.63, 3.8) is 0 Å². The van der Waals surface area contributed by atoms with Crippen molar-refractivity contribution >= 4 is 24.1 Å². The zero-order valence-electron chi connectivity index (χ0n) is 14.0. The Labute approximate surface area is 137 Å². The summed E-state index contributed by atoms with van der Waals surface area (Å²) in [6.45, 7) is 1.46. The van der Waals surface area contributed by atoms with E-state index < -0.39 is 23.8 Å². The van der Waals surface area contributed by atoms with Gasteiger partial charge in [-0.2, -0.15) is 0 Å². The van der Waals surface area contributed by atoms with Crippen molar-refractivity contribution in [2.75, 3.05) is 27.2 Å². The number of aliphatic imine (C=N–C) groups is 1. The molecule has 0 atom stereocenters. The van der Waals surface area contributed by atoms with Crippen molar-refractivity contribution in [1.29, 1.82) is 0 Å². The maximum Gasteiger partial charge on any atom is 0.332 e. The number of amides is 4. The van der Waals surface area contributed by atoms with E-state index in [4.69, 9.17) is 0 Å². The average Bonchev–Trinajstić information content (AvgIpc) is 2.58. The minimum Gasteiger partial charge on any atom is -0.314 e. The number of rotatable bonds is 6. The van der Waals surface area contributed by atoms with E-state index in [9.17, 15) is 14.4 Å². The Morgan fingerprint density at radius 1 is 1.09 bits per heavy atom. The molecule has 7 heteroatoms. The lowest BCUT2D eigenvalue weighted by molar-refractivity contribution is -0.144.